The minimum atomic E-state index is 0.842. The van der Waals surface area contributed by atoms with Gasteiger partial charge in [-0.2, -0.15) is 0 Å². The summed E-state index contributed by atoms with van der Waals surface area (Å²) in [6.45, 7) is 0. The molecule has 2 saturated carbocycles. The van der Waals surface area contributed by atoms with E-state index in [2.05, 4.69) is 37.1 Å². The third-order valence-corrected chi connectivity index (χ3v) is 3.51. The molecule has 0 bridgehead atoms. The minimum absolute atomic E-state index is 0.842. The second-order valence-electron chi connectivity index (χ2n) is 4.36. The van der Waals surface area contributed by atoms with Crippen molar-refractivity contribution in [2.45, 2.75) is 25.7 Å². The molecule has 0 heterocycles. The van der Waals surface area contributed by atoms with Crippen LogP contribution in [-0.2, 0) is 0 Å². The summed E-state index contributed by atoms with van der Waals surface area (Å²) in [6, 6.07) is 0. The van der Waals surface area contributed by atoms with Crippen LogP contribution in [-0.4, -0.2) is 0 Å². The molecule has 0 aromatic rings. The van der Waals surface area contributed by atoms with Gasteiger partial charge in [0.05, 0.1) is 0 Å². The Labute approximate surface area is 87.1 Å². The van der Waals surface area contributed by atoms with E-state index in [-0.39, 0.29) is 0 Å². The van der Waals surface area contributed by atoms with Crippen molar-refractivity contribution < 1.29 is 0 Å². The van der Waals surface area contributed by atoms with Crippen LogP contribution in [0.3, 0.4) is 0 Å². The third kappa shape index (κ3) is 1.36. The van der Waals surface area contributed by atoms with Crippen LogP contribution in [0.4, 0.5) is 0 Å². The molecule has 0 aliphatic heterocycles. The van der Waals surface area contributed by atoms with Gasteiger partial charge in [0.1, 0.15) is 0 Å². The van der Waals surface area contributed by atoms with E-state index in [0.29, 0.717) is 0 Å². The molecular formula is C14H15. The first-order valence-electron chi connectivity index (χ1n) is 5.59. The molecule has 0 spiro atoms. The smallest absolute Gasteiger partial charge is 0.0161 e. The molecule has 0 saturated heterocycles. The molecule has 71 valence electrons. The third-order valence-electron chi connectivity index (χ3n) is 3.51. The summed E-state index contributed by atoms with van der Waals surface area (Å²) in [4.78, 5) is 0. The zero-order valence-electron chi connectivity index (χ0n) is 8.37. The molecule has 0 aromatic heterocycles. The van der Waals surface area contributed by atoms with E-state index < -0.39 is 0 Å². The normalized spacial score (nSPS) is 30.3. The summed E-state index contributed by atoms with van der Waals surface area (Å²) in [6.07, 6.45) is 19.0. The first kappa shape index (κ1) is 8.76. The molecule has 0 N–H and O–H groups in total. The monoisotopic (exact) mass is 183 g/mol. The fourth-order valence-electron chi connectivity index (χ4n) is 2.77. The van der Waals surface area contributed by atoms with Crippen molar-refractivity contribution in [3.8, 4) is 0 Å². The summed E-state index contributed by atoms with van der Waals surface area (Å²) in [5.41, 5.74) is 0. The van der Waals surface area contributed by atoms with E-state index in [0.717, 1.165) is 5.92 Å². The van der Waals surface area contributed by atoms with Gasteiger partial charge in [-0.3, -0.25) is 0 Å². The van der Waals surface area contributed by atoms with Gasteiger partial charge in [-0.1, -0.05) is 37.1 Å². The lowest BCUT2D eigenvalue weighted by molar-refractivity contribution is 0.586. The van der Waals surface area contributed by atoms with Crippen molar-refractivity contribution >= 4 is 0 Å². The van der Waals surface area contributed by atoms with Crippen LogP contribution in [0.5, 0.6) is 0 Å². The summed E-state index contributed by atoms with van der Waals surface area (Å²) >= 11 is 0. The Hall–Kier alpha value is -0.520. The summed E-state index contributed by atoms with van der Waals surface area (Å²) in [5.74, 6) is 5.34. The lowest BCUT2D eigenvalue weighted by atomic mass is 9.79. The molecule has 0 atom stereocenters. The Morgan fingerprint density at radius 3 is 2.57 bits per heavy atom. The average molecular weight is 183 g/mol. The maximum atomic E-state index is 2.33. The quantitative estimate of drug-likeness (QED) is 0.584. The number of hydrogen-bond donors (Lipinski definition) is 0. The number of allylic oxidation sites excluding steroid dienone is 4. The maximum Gasteiger partial charge on any atom is 0.0161 e. The van der Waals surface area contributed by atoms with Crippen molar-refractivity contribution in [2.24, 2.45) is 5.92 Å². The Balaban J connectivity index is 1.75. The Morgan fingerprint density at radius 1 is 0.929 bits per heavy atom. The second-order valence-corrected chi connectivity index (χ2v) is 4.36. The molecular weight excluding hydrogens is 168 g/mol. The average Bonchev–Trinajstić information content (AvgIpc) is 2.85. The van der Waals surface area contributed by atoms with Gasteiger partial charge in [-0.05, 0) is 37.5 Å². The van der Waals surface area contributed by atoms with Crippen LogP contribution in [0.25, 0.3) is 0 Å². The van der Waals surface area contributed by atoms with Crippen LogP contribution >= 0.6 is 0 Å². The van der Waals surface area contributed by atoms with Crippen LogP contribution < -0.4 is 0 Å². The van der Waals surface area contributed by atoms with Gasteiger partial charge in [0.2, 0.25) is 0 Å². The molecule has 0 amide bonds. The van der Waals surface area contributed by atoms with E-state index in [1.165, 1.54) is 37.5 Å². The van der Waals surface area contributed by atoms with E-state index in [1.54, 1.807) is 5.92 Å². The molecule has 14 heavy (non-hydrogen) atoms. The number of fused-ring (bicyclic) bond motifs is 1. The van der Waals surface area contributed by atoms with Crippen molar-refractivity contribution in [1.29, 1.82) is 0 Å². The fourth-order valence-corrected chi connectivity index (χ4v) is 2.77. The minimum Gasteiger partial charge on any atom is -0.0762 e. The molecule has 3 aliphatic rings. The molecule has 3 aliphatic carbocycles. The Morgan fingerprint density at radius 2 is 1.71 bits per heavy atom. The zero-order valence-corrected chi connectivity index (χ0v) is 8.37. The maximum absolute atomic E-state index is 2.33. The van der Waals surface area contributed by atoms with Gasteiger partial charge in [0, 0.05) is 11.8 Å². The Bertz CT molecular complexity index is 255. The van der Waals surface area contributed by atoms with Gasteiger partial charge >= 0.3 is 0 Å². The van der Waals surface area contributed by atoms with Crippen LogP contribution in [0.15, 0.2) is 24.3 Å². The van der Waals surface area contributed by atoms with E-state index in [1.807, 2.05) is 0 Å². The van der Waals surface area contributed by atoms with Gasteiger partial charge in [0.15, 0.2) is 0 Å². The van der Waals surface area contributed by atoms with E-state index >= 15 is 0 Å². The molecule has 5 radical (unpaired) electrons. The van der Waals surface area contributed by atoms with E-state index in [4.69, 9.17) is 0 Å². The molecule has 2 fully saturated rings. The van der Waals surface area contributed by atoms with Gasteiger partial charge in [-0.15, -0.1) is 0 Å². The summed E-state index contributed by atoms with van der Waals surface area (Å²) in [5, 5.41) is 0. The fraction of sp³-hybridized carbons (Fsp3) is 0.357. The van der Waals surface area contributed by atoms with Crippen molar-refractivity contribution in [3.05, 3.63) is 54.9 Å². The largest absolute Gasteiger partial charge is 0.0762 e. The highest BCUT2D eigenvalue weighted by molar-refractivity contribution is 5.62. The zero-order chi connectivity index (χ0) is 9.38. The first-order chi connectivity index (χ1) is 6.95. The van der Waals surface area contributed by atoms with E-state index in [9.17, 15) is 0 Å². The van der Waals surface area contributed by atoms with Crippen LogP contribution in [0, 0.1) is 36.5 Å². The Kier molecular flexibility index (Phi) is 2.23. The van der Waals surface area contributed by atoms with Crippen molar-refractivity contribution in [3.63, 3.8) is 0 Å². The standard InChI is InChI=1S/C14H15/c1-2-6-11(5-1)14-10-9-12-7-3-4-8-13(12)14/h3-4,7-11H,1-2,5-6H2. The number of rotatable bonds is 1. The predicted molar refractivity (Wildman–Crippen MR) is 58.6 cm³/mol. The SMILES string of the molecule is [CH]1[CH][C](C2CCCC2)[C]2C=CC=C[C]12. The van der Waals surface area contributed by atoms with Crippen molar-refractivity contribution in [1.82, 2.24) is 0 Å². The lowest BCUT2D eigenvalue weighted by Gasteiger charge is -2.24. The number of hydrogen-bond acceptors (Lipinski definition) is 0. The molecule has 0 aromatic carbocycles. The van der Waals surface area contributed by atoms with Crippen LogP contribution in [0.2, 0.25) is 0 Å². The highest BCUT2D eigenvalue weighted by Gasteiger charge is 2.40. The second kappa shape index (κ2) is 3.56. The summed E-state index contributed by atoms with van der Waals surface area (Å²) in [7, 11) is 0. The molecule has 0 heteroatoms. The van der Waals surface area contributed by atoms with Gasteiger partial charge in [0.25, 0.3) is 0 Å². The topological polar surface area (TPSA) is 0 Å². The summed E-state index contributed by atoms with van der Waals surface area (Å²) < 4.78 is 0. The van der Waals surface area contributed by atoms with Crippen LogP contribution in [0.1, 0.15) is 25.7 Å². The molecule has 0 nitrogen and oxygen atoms in total. The molecule has 3 rings (SSSR count). The highest BCUT2D eigenvalue weighted by Crippen LogP contribution is 2.51. The first-order valence-corrected chi connectivity index (χ1v) is 5.59. The highest BCUT2D eigenvalue weighted by atomic mass is 14.4. The molecule has 0 unspecified atom stereocenters. The lowest BCUT2D eigenvalue weighted by Crippen LogP contribution is -2.14. The van der Waals surface area contributed by atoms with Gasteiger partial charge in [-0.25, -0.2) is 0 Å². The predicted octanol–water partition coefficient (Wildman–Crippen LogP) is 3.45. The van der Waals surface area contributed by atoms with Gasteiger partial charge < -0.3 is 0 Å². The van der Waals surface area contributed by atoms with Crippen molar-refractivity contribution in [2.75, 3.05) is 0 Å².